The number of hydrogen-bond donors (Lipinski definition) is 2. The lowest BCUT2D eigenvalue weighted by Crippen LogP contribution is -2.36. The van der Waals surface area contributed by atoms with Crippen LogP contribution in [0.15, 0.2) is 36.0 Å². The summed E-state index contributed by atoms with van der Waals surface area (Å²) in [5, 5.41) is 4.82. The van der Waals surface area contributed by atoms with E-state index in [0.29, 0.717) is 12.4 Å². The quantitative estimate of drug-likeness (QED) is 0.0418. The highest BCUT2D eigenvalue weighted by atomic mass is 19.2. The molecule has 2 aromatic carbocycles. The van der Waals surface area contributed by atoms with Crippen LogP contribution in [0.2, 0.25) is 0 Å². The number of hydrogen-bond acceptors (Lipinski definition) is 7. The molecule has 0 saturated carbocycles. The van der Waals surface area contributed by atoms with E-state index in [2.05, 4.69) is 74.0 Å². The smallest absolute Gasteiger partial charge is 0.312 e. The first-order valence-electron chi connectivity index (χ1n) is 18.5. The molecule has 4 rings (SSSR count). The van der Waals surface area contributed by atoms with Crippen molar-refractivity contribution in [3.8, 4) is 5.75 Å². The molecule has 1 aromatic heterocycles. The molecule has 7 nitrogen and oxygen atoms in total. The Hall–Kier alpha value is -3.70. The lowest BCUT2D eigenvalue weighted by atomic mass is 9.88. The summed E-state index contributed by atoms with van der Waals surface area (Å²) in [7, 11) is 2.09. The highest BCUT2D eigenvalue weighted by Gasteiger charge is 2.29. The fourth-order valence-corrected chi connectivity index (χ4v) is 6.95. The number of esters is 1. The van der Waals surface area contributed by atoms with Crippen molar-refractivity contribution in [2.75, 3.05) is 44.4 Å². The average Bonchev–Trinajstić information content (AvgIpc) is 3.07. The van der Waals surface area contributed by atoms with Gasteiger partial charge in [0, 0.05) is 40.6 Å². The molecule has 2 heterocycles. The maximum absolute atomic E-state index is 13.9. The topological polar surface area (TPSA) is 89.7 Å². The third-order valence-corrected chi connectivity index (χ3v) is 9.52. The molecule has 52 heavy (non-hydrogen) atoms. The molecule has 0 aliphatic carbocycles. The van der Waals surface area contributed by atoms with Gasteiger partial charge in [0.1, 0.15) is 5.82 Å². The maximum atomic E-state index is 13.9. The number of nitrogens with one attached hydrogen (secondary N) is 1. The van der Waals surface area contributed by atoms with E-state index in [-0.39, 0.29) is 30.4 Å². The molecule has 1 unspecified atom stereocenters. The molecule has 286 valence electrons. The maximum Gasteiger partial charge on any atom is 0.312 e. The third kappa shape index (κ3) is 10.9. The number of benzene rings is 2. The van der Waals surface area contributed by atoms with Gasteiger partial charge in [-0.3, -0.25) is 4.79 Å². The molecular weight excluding hydrogens is 672 g/mol. The second-order valence-corrected chi connectivity index (χ2v) is 15.9. The van der Waals surface area contributed by atoms with Crippen LogP contribution in [0.1, 0.15) is 110 Å². The summed E-state index contributed by atoms with van der Waals surface area (Å²) in [5.41, 5.74) is 11.3. The van der Waals surface area contributed by atoms with Gasteiger partial charge in [-0.15, -0.1) is 0 Å². The Morgan fingerprint density at radius 1 is 0.942 bits per heavy atom. The van der Waals surface area contributed by atoms with Crippen molar-refractivity contribution in [3.63, 3.8) is 0 Å². The third-order valence-electron chi connectivity index (χ3n) is 9.52. The van der Waals surface area contributed by atoms with Crippen LogP contribution in [-0.2, 0) is 16.0 Å². The lowest BCUT2D eigenvalue weighted by molar-refractivity contribution is -0.138. The van der Waals surface area contributed by atoms with Crippen LogP contribution in [0.5, 0.6) is 5.75 Å². The summed E-state index contributed by atoms with van der Waals surface area (Å²) in [6, 6.07) is 6.66. The number of nitrogens with zero attached hydrogens (tertiary/aromatic N) is 2. The van der Waals surface area contributed by atoms with Crippen LogP contribution in [-0.4, -0.2) is 49.2 Å². The number of allylic oxidation sites excluding steroid dienone is 2. The molecule has 11 heteroatoms. The number of nitrogen functional groups attached to an aromatic ring is 1. The summed E-state index contributed by atoms with van der Waals surface area (Å²) in [6.07, 6.45) is 10.6. The fourth-order valence-electron chi connectivity index (χ4n) is 6.95. The zero-order chi connectivity index (χ0) is 38.2. The summed E-state index contributed by atoms with van der Waals surface area (Å²) in [5.74, 6) is -8.30. The Bertz CT molecular complexity index is 1720. The van der Waals surface area contributed by atoms with E-state index < -0.39 is 40.4 Å². The van der Waals surface area contributed by atoms with E-state index in [0.717, 1.165) is 86.6 Å². The first-order chi connectivity index (χ1) is 24.5. The first-order valence-corrected chi connectivity index (χ1v) is 18.5. The van der Waals surface area contributed by atoms with Crippen molar-refractivity contribution >= 4 is 28.4 Å². The van der Waals surface area contributed by atoms with Gasteiger partial charge in [0.15, 0.2) is 11.6 Å². The number of fused-ring (bicyclic) bond motifs is 3. The van der Waals surface area contributed by atoms with Crippen LogP contribution >= 0.6 is 0 Å². The second-order valence-electron chi connectivity index (χ2n) is 15.9. The Kier molecular flexibility index (Phi) is 14.1. The van der Waals surface area contributed by atoms with Gasteiger partial charge >= 0.3 is 5.97 Å². The van der Waals surface area contributed by atoms with Crippen LogP contribution in [0.25, 0.3) is 10.9 Å². The minimum absolute atomic E-state index is 0.0617. The Balaban J connectivity index is 1.19. The number of aromatic nitrogens is 1. The minimum atomic E-state index is -1.75. The van der Waals surface area contributed by atoms with E-state index in [4.69, 9.17) is 15.5 Å². The molecule has 0 saturated heterocycles. The molecule has 3 aromatic rings. The Labute approximate surface area is 306 Å². The van der Waals surface area contributed by atoms with E-state index >= 15 is 0 Å². The molecule has 1 atom stereocenters. The molecule has 0 fully saturated rings. The summed E-state index contributed by atoms with van der Waals surface area (Å²) in [4.78, 5) is 19.5. The fraction of sp³-hybridized carbons (Fsp3) is 0.561. The number of anilines is 2. The van der Waals surface area contributed by atoms with Gasteiger partial charge in [0.2, 0.25) is 17.4 Å². The van der Waals surface area contributed by atoms with Crippen molar-refractivity contribution < 1.29 is 31.8 Å². The second kappa shape index (κ2) is 17.9. The normalized spacial score (nSPS) is 14.8. The molecule has 0 bridgehead atoms. The van der Waals surface area contributed by atoms with Gasteiger partial charge < -0.3 is 25.4 Å². The van der Waals surface area contributed by atoms with Gasteiger partial charge in [-0.05, 0) is 69.2 Å². The van der Waals surface area contributed by atoms with Gasteiger partial charge in [0.25, 0.3) is 0 Å². The highest BCUT2D eigenvalue weighted by molar-refractivity contribution is 5.97. The zero-order valence-corrected chi connectivity index (χ0v) is 31.9. The Morgan fingerprint density at radius 2 is 1.63 bits per heavy atom. The number of unbranched alkanes of at least 4 members (excludes halogenated alkanes) is 3. The number of ether oxygens (including phenoxy) is 2. The van der Waals surface area contributed by atoms with Crippen LogP contribution in [0.4, 0.5) is 29.1 Å². The van der Waals surface area contributed by atoms with Crippen molar-refractivity contribution in [2.45, 2.75) is 105 Å². The SMILES string of the molecule is CCCCC1=CC(CC)c2c(N)nc3cc(CCCCCN(C)CC(C)(C)COCC(C)(C)CC(=O)Oc4c(F)c(F)cc(F)c4F)ccc3c2N1. The van der Waals surface area contributed by atoms with Crippen LogP contribution in [0, 0.1) is 34.1 Å². The lowest BCUT2D eigenvalue weighted by Gasteiger charge is -2.32. The number of carbonyl (C=O) groups excluding carboxylic acids is 1. The number of rotatable bonds is 19. The van der Waals surface area contributed by atoms with Crippen LogP contribution in [0.3, 0.4) is 0 Å². The minimum Gasteiger partial charge on any atom is -0.420 e. The summed E-state index contributed by atoms with van der Waals surface area (Å²) >= 11 is 0. The molecule has 1 aliphatic heterocycles. The van der Waals surface area contributed by atoms with E-state index in [1.165, 1.54) is 11.3 Å². The van der Waals surface area contributed by atoms with Gasteiger partial charge in [-0.2, -0.15) is 8.78 Å². The molecule has 0 spiro atoms. The largest absolute Gasteiger partial charge is 0.420 e. The number of halogens is 4. The van der Waals surface area contributed by atoms with Gasteiger partial charge in [-0.1, -0.05) is 72.6 Å². The van der Waals surface area contributed by atoms with Crippen LogP contribution < -0.4 is 15.8 Å². The van der Waals surface area contributed by atoms with E-state index in [9.17, 15) is 22.4 Å². The number of aryl methyl sites for hydroxylation is 1. The highest BCUT2D eigenvalue weighted by Crippen LogP contribution is 2.42. The van der Waals surface area contributed by atoms with Crippen molar-refractivity contribution in [1.29, 1.82) is 0 Å². The number of carbonyl (C=O) groups is 1. The first kappa shape index (κ1) is 41.1. The van der Waals surface area contributed by atoms with Crippen molar-refractivity contribution in [1.82, 2.24) is 9.88 Å². The molecule has 0 radical (unpaired) electrons. The zero-order valence-electron chi connectivity index (χ0n) is 31.9. The monoisotopic (exact) mass is 728 g/mol. The predicted octanol–water partition coefficient (Wildman–Crippen LogP) is 10.1. The summed E-state index contributed by atoms with van der Waals surface area (Å²) in [6.45, 7) is 14.4. The van der Waals surface area contributed by atoms with E-state index in [1.54, 1.807) is 13.8 Å². The number of nitrogens with two attached hydrogens (primary N) is 1. The van der Waals surface area contributed by atoms with Crippen molar-refractivity contribution in [3.05, 3.63) is 70.4 Å². The van der Waals surface area contributed by atoms with Gasteiger partial charge in [0.05, 0.1) is 30.8 Å². The molecule has 1 aliphatic rings. The standard InChI is InChI=1S/C41H56F4N4O3/c1-8-10-15-28-20-27(9-2)34-37(47-28)29-17-16-26(19-32(29)48-39(34)46)14-12-11-13-18-49(7)23-41(5,6)25-51-24-40(3,4)22-33(50)52-38-35(44)30(42)21-31(43)36(38)45/h16-17,19-21,27,47H,8-15,18,22-25H2,1-7H3,(H2,46,48). The predicted molar refractivity (Wildman–Crippen MR) is 200 cm³/mol. The molecular formula is C41H56F4N4O3. The average molecular weight is 729 g/mol. The van der Waals surface area contributed by atoms with E-state index in [1.807, 2.05) is 0 Å². The van der Waals surface area contributed by atoms with Crippen molar-refractivity contribution in [2.24, 2.45) is 10.8 Å². The van der Waals surface area contributed by atoms with Gasteiger partial charge in [-0.25, -0.2) is 13.8 Å². The molecule has 0 amide bonds. The number of pyridine rings is 1. The summed E-state index contributed by atoms with van der Waals surface area (Å²) < 4.78 is 65.4. The molecule has 3 N–H and O–H groups in total. The Morgan fingerprint density at radius 3 is 2.31 bits per heavy atom.